The van der Waals surface area contributed by atoms with E-state index < -0.39 is 5.79 Å². The average molecular weight is 447 g/mol. The van der Waals surface area contributed by atoms with Gasteiger partial charge >= 0.3 is 0 Å². The van der Waals surface area contributed by atoms with E-state index in [4.69, 9.17) is 28.4 Å². The second-order valence-electron chi connectivity index (χ2n) is 11.0. The lowest BCUT2D eigenvalue weighted by molar-refractivity contribution is -0.273. The summed E-state index contributed by atoms with van der Waals surface area (Å²) in [5.74, 6) is -0.572. The van der Waals surface area contributed by atoms with E-state index in [0.717, 1.165) is 39.1 Å². The number of hydrogen-bond donors (Lipinski definition) is 0. The Morgan fingerprint density at radius 2 is 1.26 bits per heavy atom. The molecule has 0 spiro atoms. The summed E-state index contributed by atoms with van der Waals surface area (Å²) in [4.78, 5) is 0. The van der Waals surface area contributed by atoms with E-state index in [1.807, 2.05) is 41.5 Å². The molecule has 31 heavy (non-hydrogen) atoms. The third kappa shape index (κ3) is 9.26. The molecule has 3 rings (SSSR count). The Hall–Kier alpha value is -0.240. The van der Waals surface area contributed by atoms with E-state index in [1.54, 1.807) is 0 Å². The van der Waals surface area contributed by atoms with Crippen LogP contribution in [0.1, 0.15) is 102 Å². The molecule has 3 saturated heterocycles. The summed E-state index contributed by atoms with van der Waals surface area (Å²) in [6.45, 7) is 26.9. The van der Waals surface area contributed by atoms with Gasteiger partial charge in [0.2, 0.25) is 0 Å². The van der Waals surface area contributed by atoms with Crippen molar-refractivity contribution in [1.82, 2.24) is 0 Å². The van der Waals surface area contributed by atoms with Crippen LogP contribution in [-0.2, 0) is 28.4 Å². The van der Waals surface area contributed by atoms with Crippen LogP contribution in [0.15, 0.2) is 0 Å². The van der Waals surface area contributed by atoms with Crippen molar-refractivity contribution in [2.45, 2.75) is 137 Å². The Kier molecular flexibility index (Phi) is 10.0. The van der Waals surface area contributed by atoms with Gasteiger partial charge < -0.3 is 28.4 Å². The highest BCUT2D eigenvalue weighted by molar-refractivity contribution is 4.98. The van der Waals surface area contributed by atoms with Crippen molar-refractivity contribution in [2.24, 2.45) is 5.92 Å². The van der Waals surface area contributed by atoms with Gasteiger partial charge in [-0.2, -0.15) is 0 Å². The van der Waals surface area contributed by atoms with Gasteiger partial charge in [0.1, 0.15) is 0 Å². The summed E-state index contributed by atoms with van der Waals surface area (Å²) in [6.07, 6.45) is 3.51. The zero-order valence-corrected chi connectivity index (χ0v) is 22.3. The zero-order valence-electron chi connectivity index (χ0n) is 22.3. The highest BCUT2D eigenvalue weighted by atomic mass is 16.8. The predicted molar refractivity (Wildman–Crippen MR) is 124 cm³/mol. The molecular weight excluding hydrogens is 396 g/mol. The highest BCUT2D eigenvalue weighted by Gasteiger charge is 2.54. The van der Waals surface area contributed by atoms with E-state index in [9.17, 15) is 0 Å². The third-order valence-corrected chi connectivity index (χ3v) is 6.15. The van der Waals surface area contributed by atoms with Crippen LogP contribution in [0.5, 0.6) is 0 Å². The topological polar surface area (TPSA) is 55.4 Å². The van der Waals surface area contributed by atoms with E-state index in [2.05, 4.69) is 41.5 Å². The minimum atomic E-state index is -0.436. The lowest BCUT2D eigenvalue weighted by Gasteiger charge is -2.35. The molecule has 0 bridgehead atoms. The first kappa shape index (κ1) is 28.8. The monoisotopic (exact) mass is 446 g/mol. The average Bonchev–Trinajstić information content (AvgIpc) is 2.80. The molecular formula is C25H50O6. The van der Waals surface area contributed by atoms with Crippen LogP contribution >= 0.6 is 0 Å². The van der Waals surface area contributed by atoms with Crippen molar-refractivity contribution < 1.29 is 28.4 Å². The Morgan fingerprint density at radius 3 is 1.55 bits per heavy atom. The molecule has 3 aliphatic heterocycles. The van der Waals surface area contributed by atoms with Crippen molar-refractivity contribution in [3.8, 4) is 0 Å². The first-order valence-electron chi connectivity index (χ1n) is 12.0. The Morgan fingerprint density at radius 1 is 0.710 bits per heavy atom. The minimum Gasteiger partial charge on any atom is -0.350 e. The molecule has 3 aliphatic rings. The van der Waals surface area contributed by atoms with Crippen molar-refractivity contribution in [3.05, 3.63) is 0 Å². The van der Waals surface area contributed by atoms with Gasteiger partial charge in [0, 0.05) is 5.92 Å². The molecule has 3 fully saturated rings. The van der Waals surface area contributed by atoms with Crippen LogP contribution in [0.25, 0.3) is 0 Å². The lowest BCUT2D eigenvalue weighted by atomic mass is 9.86. The molecule has 0 aromatic heterocycles. The zero-order chi connectivity index (χ0) is 24.1. The van der Waals surface area contributed by atoms with E-state index in [-0.39, 0.29) is 22.8 Å². The van der Waals surface area contributed by atoms with Crippen molar-refractivity contribution in [2.75, 3.05) is 19.8 Å². The van der Waals surface area contributed by atoms with E-state index in [1.165, 1.54) is 0 Å². The summed E-state index contributed by atoms with van der Waals surface area (Å²) in [6, 6.07) is 0. The first-order valence-corrected chi connectivity index (χ1v) is 12.0. The van der Waals surface area contributed by atoms with Crippen LogP contribution in [0.4, 0.5) is 0 Å². The number of rotatable bonds is 2. The van der Waals surface area contributed by atoms with Gasteiger partial charge in [-0.1, -0.05) is 20.8 Å². The van der Waals surface area contributed by atoms with Crippen molar-refractivity contribution in [1.29, 1.82) is 0 Å². The van der Waals surface area contributed by atoms with Gasteiger partial charge in [0.15, 0.2) is 17.4 Å². The molecule has 3 heterocycles. The molecule has 2 atom stereocenters. The van der Waals surface area contributed by atoms with Gasteiger partial charge in [0.05, 0.1) is 37.1 Å². The second kappa shape index (κ2) is 10.8. The molecule has 2 unspecified atom stereocenters. The predicted octanol–water partition coefficient (Wildman–Crippen LogP) is 6.06. The molecule has 0 N–H and O–H groups in total. The summed E-state index contributed by atoms with van der Waals surface area (Å²) >= 11 is 0. The largest absolute Gasteiger partial charge is 0.350 e. The van der Waals surface area contributed by atoms with E-state index >= 15 is 0 Å². The quantitative estimate of drug-likeness (QED) is 0.514. The minimum absolute atomic E-state index is 0.156. The maximum absolute atomic E-state index is 5.88. The SMILES string of the molecule is CC1COC(C)(C)OC1.CCC1(C)OC(C)(C)OC1(C)C.CCC1CCOC(C)(C)O1. The number of hydrogen-bond acceptors (Lipinski definition) is 6. The number of ether oxygens (including phenoxy) is 6. The van der Waals surface area contributed by atoms with Crippen LogP contribution < -0.4 is 0 Å². The van der Waals surface area contributed by atoms with Gasteiger partial charge in [-0.15, -0.1) is 0 Å². The highest BCUT2D eigenvalue weighted by Crippen LogP contribution is 2.45. The molecule has 0 aromatic carbocycles. The van der Waals surface area contributed by atoms with Crippen LogP contribution in [0.2, 0.25) is 0 Å². The molecule has 186 valence electrons. The normalized spacial score (nSPS) is 33.5. The first-order chi connectivity index (χ1) is 14.0. The van der Waals surface area contributed by atoms with Gasteiger partial charge in [-0.25, -0.2) is 0 Å². The Balaban J connectivity index is 0.000000235. The lowest BCUT2D eigenvalue weighted by Crippen LogP contribution is -2.44. The van der Waals surface area contributed by atoms with Gasteiger partial charge in [-0.05, 0) is 81.6 Å². The van der Waals surface area contributed by atoms with Crippen LogP contribution in [0, 0.1) is 5.92 Å². The fraction of sp³-hybridized carbons (Fsp3) is 1.00. The smallest absolute Gasteiger partial charge is 0.164 e. The summed E-state index contributed by atoms with van der Waals surface area (Å²) < 4.78 is 33.4. The third-order valence-electron chi connectivity index (χ3n) is 6.15. The fourth-order valence-electron chi connectivity index (χ4n) is 3.90. The summed E-state index contributed by atoms with van der Waals surface area (Å²) in [7, 11) is 0. The van der Waals surface area contributed by atoms with Gasteiger partial charge in [0.25, 0.3) is 0 Å². The molecule has 6 nitrogen and oxygen atoms in total. The Bertz CT molecular complexity index is 532. The molecule has 6 heteroatoms. The van der Waals surface area contributed by atoms with Crippen molar-refractivity contribution >= 4 is 0 Å². The summed E-state index contributed by atoms with van der Waals surface area (Å²) in [5.41, 5.74) is -0.345. The maximum Gasteiger partial charge on any atom is 0.164 e. The van der Waals surface area contributed by atoms with Crippen molar-refractivity contribution in [3.63, 3.8) is 0 Å². The van der Waals surface area contributed by atoms with E-state index in [0.29, 0.717) is 12.0 Å². The van der Waals surface area contributed by atoms with Crippen LogP contribution in [0.3, 0.4) is 0 Å². The standard InChI is InChI=1S/C10H20O2.C8H16O2.C7H14O2/c1-7-10(6)8(2,3)11-9(4,5)12-10;1-4-7-5-6-9-8(2,3)10-7;1-6-4-8-7(2,3)9-5-6/h7H2,1-6H3;7H,4-6H2,1-3H3;6H,4-5H2,1-3H3. The molecule has 0 aliphatic carbocycles. The maximum atomic E-state index is 5.88. The fourth-order valence-corrected chi connectivity index (χ4v) is 3.90. The Labute approximate surface area is 191 Å². The molecule has 0 aromatic rings. The second-order valence-corrected chi connectivity index (χ2v) is 11.0. The van der Waals surface area contributed by atoms with Gasteiger partial charge in [-0.3, -0.25) is 0 Å². The molecule has 0 radical (unpaired) electrons. The molecule has 0 saturated carbocycles. The molecule has 0 amide bonds. The van der Waals surface area contributed by atoms with Crippen LogP contribution in [-0.4, -0.2) is 54.5 Å². The summed E-state index contributed by atoms with van der Waals surface area (Å²) in [5, 5.41) is 0.